The van der Waals surface area contributed by atoms with Gasteiger partial charge in [-0.3, -0.25) is 4.79 Å². The maximum Gasteiger partial charge on any atom is 0.411 e. The predicted molar refractivity (Wildman–Crippen MR) is 64.1 cm³/mol. The number of hydrogen-bond donors (Lipinski definition) is 1. The molecule has 118 valence electrons. The van der Waals surface area contributed by atoms with Gasteiger partial charge in [-0.05, 0) is 24.7 Å². The second-order valence-electron chi connectivity index (χ2n) is 5.18. The molecule has 0 spiro atoms. The van der Waals surface area contributed by atoms with Crippen LogP contribution in [0.1, 0.15) is 25.7 Å². The highest BCUT2D eigenvalue weighted by molar-refractivity contribution is 7.91. The monoisotopic (exact) mass is 318 g/mol. The first-order valence-corrected chi connectivity index (χ1v) is 7.93. The first-order chi connectivity index (χ1) is 9.04. The molecule has 0 radical (unpaired) electrons. The summed E-state index contributed by atoms with van der Waals surface area (Å²) in [4.78, 5) is 10.6. The molecule has 1 N–H and O–H groups in total. The smallest absolute Gasteiger partial charge is 0.411 e. The Hall–Kier alpha value is -0.830. The van der Waals surface area contributed by atoms with Crippen molar-refractivity contribution in [3.8, 4) is 0 Å². The van der Waals surface area contributed by atoms with Gasteiger partial charge in [0.2, 0.25) is 0 Å². The lowest BCUT2D eigenvalue weighted by Gasteiger charge is -2.13. The highest BCUT2D eigenvalue weighted by Gasteiger charge is 2.47. The average Bonchev–Trinajstić information content (AvgIpc) is 2.92. The van der Waals surface area contributed by atoms with Gasteiger partial charge in [-0.1, -0.05) is 0 Å². The molecule has 1 aliphatic carbocycles. The summed E-state index contributed by atoms with van der Waals surface area (Å²) >= 11 is 0. The van der Waals surface area contributed by atoms with E-state index in [0.717, 1.165) is 0 Å². The number of ether oxygens (including phenoxy) is 1. The Kier molecular flexibility index (Phi) is 5.42. The fraction of sp³-hybridized carbons (Fsp3) is 0.909. The topological polar surface area (TPSA) is 80.7 Å². The zero-order valence-electron chi connectivity index (χ0n) is 10.8. The van der Waals surface area contributed by atoms with Crippen molar-refractivity contribution in [2.45, 2.75) is 31.9 Å². The molecule has 0 aromatic heterocycles. The number of carboxylic acid groups (broad SMARTS) is 1. The lowest BCUT2D eigenvalue weighted by atomic mass is 10.1. The summed E-state index contributed by atoms with van der Waals surface area (Å²) in [5.74, 6) is -1.54. The maximum atomic E-state index is 11.8. The van der Waals surface area contributed by atoms with Crippen LogP contribution < -0.4 is 0 Å². The van der Waals surface area contributed by atoms with Crippen molar-refractivity contribution in [1.82, 2.24) is 0 Å². The summed E-state index contributed by atoms with van der Waals surface area (Å²) in [6, 6.07) is 0. The maximum absolute atomic E-state index is 11.8. The van der Waals surface area contributed by atoms with E-state index in [1.54, 1.807) is 0 Å². The fourth-order valence-corrected chi connectivity index (χ4v) is 4.00. The van der Waals surface area contributed by atoms with Crippen molar-refractivity contribution in [2.24, 2.45) is 5.41 Å². The Morgan fingerprint density at radius 3 is 2.35 bits per heavy atom. The second kappa shape index (κ2) is 6.30. The minimum absolute atomic E-state index is 0.0262. The number of halogens is 3. The van der Waals surface area contributed by atoms with E-state index >= 15 is 0 Å². The SMILES string of the molecule is O=C(O)CC1(CS(=O)(=O)CCCOCC(F)(F)F)CC1. The molecule has 0 bridgehead atoms. The van der Waals surface area contributed by atoms with Crippen molar-refractivity contribution >= 4 is 15.8 Å². The van der Waals surface area contributed by atoms with Crippen LogP contribution in [0.3, 0.4) is 0 Å². The molecule has 0 aliphatic heterocycles. The zero-order valence-corrected chi connectivity index (χ0v) is 11.6. The minimum atomic E-state index is -4.42. The molecule has 1 fully saturated rings. The molecule has 0 amide bonds. The van der Waals surface area contributed by atoms with Gasteiger partial charge in [-0.15, -0.1) is 0 Å². The van der Waals surface area contributed by atoms with Crippen molar-refractivity contribution < 1.29 is 36.2 Å². The van der Waals surface area contributed by atoms with E-state index in [1.165, 1.54) is 0 Å². The third-order valence-electron chi connectivity index (χ3n) is 3.02. The third-order valence-corrected chi connectivity index (χ3v) is 4.98. The van der Waals surface area contributed by atoms with Crippen molar-refractivity contribution in [1.29, 1.82) is 0 Å². The number of carboxylic acids is 1. The van der Waals surface area contributed by atoms with Crippen LogP contribution >= 0.6 is 0 Å². The molecule has 0 atom stereocenters. The molecular formula is C11H17F3O5S. The second-order valence-corrected chi connectivity index (χ2v) is 7.37. The van der Waals surface area contributed by atoms with E-state index in [1.807, 2.05) is 0 Å². The number of sulfone groups is 1. The highest BCUT2D eigenvalue weighted by Crippen LogP contribution is 2.49. The van der Waals surface area contributed by atoms with Crippen LogP contribution in [0.2, 0.25) is 0 Å². The minimum Gasteiger partial charge on any atom is -0.481 e. The molecule has 1 aliphatic rings. The van der Waals surface area contributed by atoms with Gasteiger partial charge in [-0.2, -0.15) is 13.2 Å². The zero-order chi connectivity index (χ0) is 15.4. The third kappa shape index (κ3) is 7.09. The average molecular weight is 318 g/mol. The number of rotatable bonds is 9. The van der Waals surface area contributed by atoms with Gasteiger partial charge >= 0.3 is 12.1 Å². The van der Waals surface area contributed by atoms with E-state index in [9.17, 15) is 26.4 Å². The summed E-state index contributed by atoms with van der Waals surface area (Å²) < 4.78 is 63.1. The van der Waals surface area contributed by atoms with Gasteiger partial charge in [0.05, 0.1) is 17.9 Å². The molecule has 1 rings (SSSR count). The molecule has 1 saturated carbocycles. The van der Waals surface area contributed by atoms with E-state index in [2.05, 4.69) is 4.74 Å². The van der Waals surface area contributed by atoms with Crippen LogP contribution in [0, 0.1) is 5.41 Å². The Bertz CT molecular complexity index is 439. The number of aliphatic carboxylic acids is 1. The Morgan fingerprint density at radius 1 is 1.30 bits per heavy atom. The summed E-state index contributed by atoms with van der Waals surface area (Å²) in [5.41, 5.74) is -0.669. The van der Waals surface area contributed by atoms with Gasteiger partial charge in [0.15, 0.2) is 9.84 Å². The summed E-state index contributed by atoms with van der Waals surface area (Å²) in [7, 11) is -3.46. The van der Waals surface area contributed by atoms with E-state index in [0.29, 0.717) is 12.8 Å². The van der Waals surface area contributed by atoms with E-state index in [-0.39, 0.29) is 31.0 Å². The summed E-state index contributed by atoms with van der Waals surface area (Å²) in [5, 5.41) is 8.69. The van der Waals surface area contributed by atoms with Crippen LogP contribution in [-0.4, -0.2) is 50.4 Å². The fourth-order valence-electron chi connectivity index (χ4n) is 1.98. The van der Waals surface area contributed by atoms with Crippen LogP contribution in [0.5, 0.6) is 0 Å². The normalized spacial score (nSPS) is 17.9. The molecule has 0 saturated heterocycles. The molecule has 5 nitrogen and oxygen atoms in total. The number of hydrogen-bond acceptors (Lipinski definition) is 4. The molecule has 20 heavy (non-hydrogen) atoms. The highest BCUT2D eigenvalue weighted by atomic mass is 32.2. The number of carbonyl (C=O) groups is 1. The van der Waals surface area contributed by atoms with Crippen molar-refractivity contribution in [2.75, 3.05) is 24.7 Å². The molecule has 0 heterocycles. The predicted octanol–water partition coefficient (Wildman–Crippen LogP) is 1.63. The summed E-state index contributed by atoms with van der Waals surface area (Å²) in [6.07, 6.45) is -3.51. The van der Waals surface area contributed by atoms with Gasteiger partial charge in [-0.25, -0.2) is 8.42 Å². The summed E-state index contributed by atoms with van der Waals surface area (Å²) in [6.45, 7) is -1.68. The first kappa shape index (κ1) is 17.2. The van der Waals surface area contributed by atoms with E-state index in [4.69, 9.17) is 5.11 Å². The quantitative estimate of drug-likeness (QED) is 0.654. The van der Waals surface area contributed by atoms with E-state index < -0.39 is 34.0 Å². The Labute approximate surface area is 115 Å². The largest absolute Gasteiger partial charge is 0.481 e. The van der Waals surface area contributed by atoms with Crippen LogP contribution in [-0.2, 0) is 19.4 Å². The van der Waals surface area contributed by atoms with Gasteiger partial charge in [0, 0.05) is 6.61 Å². The molecule has 0 unspecified atom stereocenters. The molecule has 0 aromatic rings. The molecule has 9 heteroatoms. The lowest BCUT2D eigenvalue weighted by molar-refractivity contribution is -0.173. The van der Waals surface area contributed by atoms with Crippen LogP contribution in [0.25, 0.3) is 0 Å². The lowest BCUT2D eigenvalue weighted by Crippen LogP contribution is -2.23. The first-order valence-electron chi connectivity index (χ1n) is 6.10. The number of alkyl halides is 3. The standard InChI is InChI=1S/C11H17F3O5S/c12-11(13,14)7-19-4-1-5-20(17,18)8-10(2-3-10)6-9(15)16/h1-8H2,(H,15,16). The van der Waals surface area contributed by atoms with Crippen LogP contribution in [0.4, 0.5) is 13.2 Å². The van der Waals surface area contributed by atoms with Crippen molar-refractivity contribution in [3.05, 3.63) is 0 Å². The van der Waals surface area contributed by atoms with Gasteiger partial charge < -0.3 is 9.84 Å². The molecular weight excluding hydrogens is 301 g/mol. The Morgan fingerprint density at radius 2 is 1.90 bits per heavy atom. The van der Waals surface area contributed by atoms with Gasteiger partial charge in [0.25, 0.3) is 0 Å². The van der Waals surface area contributed by atoms with Crippen molar-refractivity contribution in [3.63, 3.8) is 0 Å². The van der Waals surface area contributed by atoms with Crippen LogP contribution in [0.15, 0.2) is 0 Å². The Balaban J connectivity index is 2.27. The van der Waals surface area contributed by atoms with Gasteiger partial charge in [0.1, 0.15) is 6.61 Å². The molecule has 0 aromatic carbocycles.